The normalized spacial score (nSPS) is 18.3. The molecule has 0 aromatic carbocycles. The van der Waals surface area contributed by atoms with Crippen molar-refractivity contribution in [1.29, 1.82) is 0 Å². The first-order valence-electron chi connectivity index (χ1n) is 5.36. The predicted octanol–water partition coefficient (Wildman–Crippen LogP) is 0.0512. The number of nitrogens with one attached hydrogen (secondary N) is 1. The summed E-state index contributed by atoms with van der Waals surface area (Å²) < 4.78 is 1.80. The maximum atomic E-state index is 11.8. The molecule has 3 heterocycles. The third-order valence-electron chi connectivity index (χ3n) is 3.15. The summed E-state index contributed by atoms with van der Waals surface area (Å²) in [4.78, 5) is 18.0. The highest BCUT2D eigenvalue weighted by atomic mass is 16.1. The quantitative estimate of drug-likeness (QED) is 0.651. The summed E-state index contributed by atoms with van der Waals surface area (Å²) in [5.74, 6) is 1.86. The summed E-state index contributed by atoms with van der Waals surface area (Å²) in [7, 11) is 2.04. The number of hydrogen-bond acceptors (Lipinski definition) is 4. The van der Waals surface area contributed by atoms with Crippen LogP contribution in [0.1, 0.15) is 12.0 Å². The Morgan fingerprint density at radius 2 is 2.27 bits per heavy atom. The number of rotatable bonds is 0. The van der Waals surface area contributed by atoms with E-state index in [9.17, 15) is 4.79 Å². The van der Waals surface area contributed by atoms with Gasteiger partial charge >= 0.3 is 5.69 Å². The Morgan fingerprint density at radius 3 is 3.13 bits per heavy atom. The van der Waals surface area contributed by atoms with Crippen LogP contribution >= 0.6 is 0 Å². The number of hydrogen-bond donors (Lipinski definition) is 1. The summed E-state index contributed by atoms with van der Waals surface area (Å²) >= 11 is 0. The van der Waals surface area contributed by atoms with Gasteiger partial charge in [0.25, 0.3) is 0 Å². The second-order valence-electron chi connectivity index (χ2n) is 4.15. The van der Waals surface area contributed by atoms with Gasteiger partial charge in [-0.3, -0.25) is 4.57 Å². The Kier molecular flexibility index (Phi) is 1.74. The van der Waals surface area contributed by atoms with Gasteiger partial charge in [0.05, 0.1) is 0 Å². The summed E-state index contributed by atoms with van der Waals surface area (Å²) in [5.41, 5.74) is 1.08. The number of fused-ring (bicyclic) bond motifs is 3. The largest absolute Gasteiger partial charge is 0.369 e. The molecule has 0 spiro atoms. The molecule has 1 aromatic heterocycles. The van der Waals surface area contributed by atoms with E-state index in [0.29, 0.717) is 0 Å². The maximum Gasteiger partial charge on any atom is 0.351 e. The van der Waals surface area contributed by atoms with Crippen LogP contribution in [0.25, 0.3) is 0 Å². The van der Waals surface area contributed by atoms with Crippen molar-refractivity contribution in [2.24, 2.45) is 0 Å². The van der Waals surface area contributed by atoms with Gasteiger partial charge < -0.3 is 10.2 Å². The topological polar surface area (TPSA) is 50.2 Å². The third kappa shape index (κ3) is 1.15. The SMILES string of the molecule is CN1CCCn2c1c1c(nc2=O)NCC1. The van der Waals surface area contributed by atoms with Crippen LogP contribution in [0.4, 0.5) is 11.6 Å². The zero-order valence-corrected chi connectivity index (χ0v) is 8.79. The lowest BCUT2D eigenvalue weighted by molar-refractivity contribution is 0.552. The highest BCUT2D eigenvalue weighted by Gasteiger charge is 2.25. The van der Waals surface area contributed by atoms with E-state index in [2.05, 4.69) is 15.2 Å². The van der Waals surface area contributed by atoms with Crippen molar-refractivity contribution in [2.45, 2.75) is 19.4 Å². The van der Waals surface area contributed by atoms with E-state index in [-0.39, 0.29) is 5.69 Å². The van der Waals surface area contributed by atoms with Crippen molar-refractivity contribution in [1.82, 2.24) is 9.55 Å². The molecule has 0 saturated heterocycles. The van der Waals surface area contributed by atoms with E-state index >= 15 is 0 Å². The van der Waals surface area contributed by atoms with Gasteiger partial charge in [0.2, 0.25) is 0 Å². The molecule has 0 saturated carbocycles. The molecule has 5 nitrogen and oxygen atoms in total. The minimum absolute atomic E-state index is 0.121. The molecule has 2 aliphatic rings. The number of aromatic nitrogens is 2. The zero-order chi connectivity index (χ0) is 10.4. The molecule has 0 radical (unpaired) electrons. The first-order chi connectivity index (χ1) is 7.27. The van der Waals surface area contributed by atoms with Crippen LogP contribution in [0.5, 0.6) is 0 Å². The molecule has 5 heteroatoms. The van der Waals surface area contributed by atoms with E-state index in [0.717, 1.165) is 44.1 Å². The lowest BCUT2D eigenvalue weighted by Crippen LogP contribution is -2.37. The van der Waals surface area contributed by atoms with Gasteiger partial charge in [-0.2, -0.15) is 4.98 Å². The Hall–Kier alpha value is -1.52. The molecule has 1 N–H and O–H groups in total. The van der Waals surface area contributed by atoms with Crippen LogP contribution in [-0.2, 0) is 13.0 Å². The van der Waals surface area contributed by atoms with E-state index in [1.165, 1.54) is 5.56 Å². The minimum Gasteiger partial charge on any atom is -0.369 e. The molecule has 0 fully saturated rings. The fourth-order valence-electron chi connectivity index (χ4n) is 2.48. The fourth-order valence-corrected chi connectivity index (χ4v) is 2.48. The minimum atomic E-state index is -0.121. The molecule has 3 rings (SSSR count). The van der Waals surface area contributed by atoms with Gasteiger partial charge in [0.15, 0.2) is 0 Å². The molecule has 0 atom stereocenters. The molecule has 2 aliphatic heterocycles. The Morgan fingerprint density at radius 1 is 1.40 bits per heavy atom. The lowest BCUT2D eigenvalue weighted by Gasteiger charge is -2.29. The summed E-state index contributed by atoms with van der Waals surface area (Å²) in [6, 6.07) is 0. The van der Waals surface area contributed by atoms with Gasteiger partial charge in [0, 0.05) is 32.2 Å². The predicted molar refractivity (Wildman–Crippen MR) is 58.6 cm³/mol. The van der Waals surface area contributed by atoms with Gasteiger partial charge in [-0.1, -0.05) is 0 Å². The average molecular weight is 206 g/mol. The van der Waals surface area contributed by atoms with Crippen molar-refractivity contribution < 1.29 is 0 Å². The summed E-state index contributed by atoms with van der Waals surface area (Å²) in [6.07, 6.45) is 2.00. The first kappa shape index (κ1) is 8.76. The fraction of sp³-hybridized carbons (Fsp3) is 0.600. The molecule has 15 heavy (non-hydrogen) atoms. The highest BCUT2D eigenvalue weighted by molar-refractivity contribution is 5.62. The second-order valence-corrected chi connectivity index (χ2v) is 4.15. The van der Waals surface area contributed by atoms with Gasteiger partial charge in [0.1, 0.15) is 11.6 Å². The molecule has 0 bridgehead atoms. The van der Waals surface area contributed by atoms with Gasteiger partial charge in [-0.05, 0) is 12.8 Å². The zero-order valence-electron chi connectivity index (χ0n) is 8.79. The van der Waals surface area contributed by atoms with Crippen molar-refractivity contribution in [3.05, 3.63) is 16.0 Å². The van der Waals surface area contributed by atoms with E-state index < -0.39 is 0 Å². The van der Waals surface area contributed by atoms with Crippen LogP contribution in [0.15, 0.2) is 4.79 Å². The summed E-state index contributed by atoms with van der Waals surface area (Å²) in [5, 5.41) is 3.16. The molecule has 80 valence electrons. The molecule has 0 unspecified atom stereocenters. The smallest absolute Gasteiger partial charge is 0.351 e. The van der Waals surface area contributed by atoms with E-state index in [1.807, 2.05) is 7.05 Å². The van der Waals surface area contributed by atoms with E-state index in [1.54, 1.807) is 4.57 Å². The van der Waals surface area contributed by atoms with E-state index in [4.69, 9.17) is 0 Å². The molecule has 0 amide bonds. The van der Waals surface area contributed by atoms with Crippen molar-refractivity contribution in [3.63, 3.8) is 0 Å². The van der Waals surface area contributed by atoms with Gasteiger partial charge in [-0.15, -0.1) is 0 Å². The average Bonchev–Trinajstić information content (AvgIpc) is 2.66. The van der Waals surface area contributed by atoms with Gasteiger partial charge in [-0.25, -0.2) is 4.79 Å². The summed E-state index contributed by atoms with van der Waals surface area (Å²) in [6.45, 7) is 2.72. The van der Waals surface area contributed by atoms with Crippen LogP contribution < -0.4 is 15.9 Å². The van der Waals surface area contributed by atoms with Crippen LogP contribution in [0.2, 0.25) is 0 Å². The highest BCUT2D eigenvalue weighted by Crippen LogP contribution is 2.29. The van der Waals surface area contributed by atoms with Crippen LogP contribution in [0, 0.1) is 0 Å². The monoisotopic (exact) mass is 206 g/mol. The van der Waals surface area contributed by atoms with Crippen molar-refractivity contribution >= 4 is 11.6 Å². The lowest BCUT2D eigenvalue weighted by atomic mass is 10.2. The first-order valence-corrected chi connectivity index (χ1v) is 5.36. The molecular weight excluding hydrogens is 192 g/mol. The standard InChI is InChI=1S/C10H14N4O/c1-13-5-2-6-14-9(13)7-3-4-11-8(7)12-10(14)15/h2-6H2,1H3,(H,11,12,15). The Bertz CT molecular complexity index is 465. The van der Waals surface area contributed by atoms with Crippen LogP contribution in [0.3, 0.4) is 0 Å². The molecule has 0 aliphatic carbocycles. The number of anilines is 2. The Labute approximate surface area is 87.7 Å². The van der Waals surface area contributed by atoms with Crippen LogP contribution in [-0.4, -0.2) is 29.7 Å². The van der Waals surface area contributed by atoms with Crippen molar-refractivity contribution in [3.8, 4) is 0 Å². The third-order valence-corrected chi connectivity index (χ3v) is 3.15. The molecule has 1 aromatic rings. The molecular formula is C10H14N4O. The maximum absolute atomic E-state index is 11.8. The second kappa shape index (κ2) is 2.98. The number of nitrogens with zero attached hydrogens (tertiary/aromatic N) is 3. The Balaban J connectivity index is 2.30. The van der Waals surface area contributed by atoms with Crippen molar-refractivity contribution in [2.75, 3.05) is 30.4 Å².